The van der Waals surface area contributed by atoms with Crippen LogP contribution in [0.3, 0.4) is 0 Å². The maximum absolute atomic E-state index is 12.6. The van der Waals surface area contributed by atoms with Gasteiger partial charge in [-0.25, -0.2) is 0 Å². The van der Waals surface area contributed by atoms with Crippen molar-refractivity contribution in [3.63, 3.8) is 0 Å². The SMILES string of the molecule is O=C1Nc2ccccc2CC12CCN(Cc1ccsc1)CC2. The van der Waals surface area contributed by atoms with Gasteiger partial charge < -0.3 is 5.32 Å². The summed E-state index contributed by atoms with van der Waals surface area (Å²) in [4.78, 5) is 15.1. The highest BCUT2D eigenvalue weighted by Crippen LogP contribution is 2.41. The van der Waals surface area contributed by atoms with Gasteiger partial charge in [0.05, 0.1) is 5.41 Å². The van der Waals surface area contributed by atoms with Crippen LogP contribution in [0.15, 0.2) is 41.1 Å². The minimum absolute atomic E-state index is 0.195. The van der Waals surface area contributed by atoms with E-state index >= 15 is 0 Å². The molecule has 1 fully saturated rings. The van der Waals surface area contributed by atoms with Crippen molar-refractivity contribution in [1.29, 1.82) is 0 Å². The quantitative estimate of drug-likeness (QED) is 0.920. The summed E-state index contributed by atoms with van der Waals surface area (Å²) in [6.07, 6.45) is 2.80. The van der Waals surface area contributed by atoms with E-state index in [1.165, 1.54) is 11.1 Å². The molecule has 3 nitrogen and oxygen atoms in total. The largest absolute Gasteiger partial charge is 0.325 e. The number of benzene rings is 1. The number of nitrogens with zero attached hydrogens (tertiary/aromatic N) is 1. The molecule has 114 valence electrons. The van der Waals surface area contributed by atoms with E-state index in [1.807, 2.05) is 12.1 Å². The van der Waals surface area contributed by atoms with E-state index in [-0.39, 0.29) is 11.3 Å². The lowest BCUT2D eigenvalue weighted by Gasteiger charge is -2.43. The van der Waals surface area contributed by atoms with Crippen molar-refractivity contribution in [2.45, 2.75) is 25.8 Å². The van der Waals surface area contributed by atoms with E-state index in [9.17, 15) is 4.79 Å². The molecular weight excluding hydrogens is 292 g/mol. The molecule has 0 aliphatic carbocycles. The maximum Gasteiger partial charge on any atom is 0.231 e. The monoisotopic (exact) mass is 312 g/mol. The molecule has 1 aromatic carbocycles. The van der Waals surface area contributed by atoms with Gasteiger partial charge in [0.1, 0.15) is 0 Å². The van der Waals surface area contributed by atoms with E-state index in [4.69, 9.17) is 0 Å². The third-order valence-corrected chi connectivity index (χ3v) is 5.81. The Hall–Kier alpha value is -1.65. The van der Waals surface area contributed by atoms with Crippen molar-refractivity contribution in [1.82, 2.24) is 4.90 Å². The highest BCUT2D eigenvalue weighted by molar-refractivity contribution is 7.07. The second kappa shape index (κ2) is 5.52. The lowest BCUT2D eigenvalue weighted by atomic mass is 9.71. The van der Waals surface area contributed by atoms with Crippen molar-refractivity contribution >= 4 is 22.9 Å². The summed E-state index contributed by atoms with van der Waals surface area (Å²) in [7, 11) is 0. The Labute approximate surface area is 135 Å². The van der Waals surface area contributed by atoms with Gasteiger partial charge in [-0.3, -0.25) is 9.69 Å². The Morgan fingerprint density at radius 2 is 2.00 bits per heavy atom. The van der Waals surface area contributed by atoms with Crippen molar-refractivity contribution in [3.05, 3.63) is 52.2 Å². The highest BCUT2D eigenvalue weighted by atomic mass is 32.1. The Morgan fingerprint density at radius 1 is 1.18 bits per heavy atom. The highest BCUT2D eigenvalue weighted by Gasteiger charge is 2.44. The molecule has 0 radical (unpaired) electrons. The van der Waals surface area contributed by atoms with Crippen LogP contribution in [0.4, 0.5) is 5.69 Å². The van der Waals surface area contributed by atoms with Gasteiger partial charge in [-0.2, -0.15) is 11.3 Å². The molecule has 0 unspecified atom stereocenters. The van der Waals surface area contributed by atoms with Crippen LogP contribution in [0.1, 0.15) is 24.0 Å². The van der Waals surface area contributed by atoms with E-state index in [0.717, 1.165) is 44.6 Å². The zero-order chi connectivity index (χ0) is 15.0. The Kier molecular flexibility index (Phi) is 3.51. The number of amides is 1. The molecule has 2 aliphatic rings. The number of hydrogen-bond donors (Lipinski definition) is 1. The van der Waals surface area contributed by atoms with Crippen LogP contribution in [0.25, 0.3) is 0 Å². The Morgan fingerprint density at radius 3 is 2.77 bits per heavy atom. The van der Waals surface area contributed by atoms with E-state index in [2.05, 4.69) is 39.2 Å². The maximum atomic E-state index is 12.6. The summed E-state index contributed by atoms with van der Waals surface area (Å²) in [6.45, 7) is 3.02. The third kappa shape index (κ3) is 2.46. The number of hydrogen-bond acceptors (Lipinski definition) is 3. The first kappa shape index (κ1) is 14.0. The Bertz CT molecular complexity index is 672. The average molecular weight is 312 g/mol. The second-order valence-electron chi connectivity index (χ2n) is 6.48. The van der Waals surface area contributed by atoms with Crippen LogP contribution in [0, 0.1) is 5.41 Å². The topological polar surface area (TPSA) is 32.3 Å². The van der Waals surface area contributed by atoms with Crippen LogP contribution < -0.4 is 5.32 Å². The van der Waals surface area contributed by atoms with Crippen LogP contribution in [-0.4, -0.2) is 23.9 Å². The molecular formula is C18H20N2OS. The van der Waals surface area contributed by atoms with E-state index in [0.29, 0.717) is 0 Å². The predicted molar refractivity (Wildman–Crippen MR) is 90.0 cm³/mol. The molecule has 1 N–H and O–H groups in total. The standard InChI is InChI=1S/C18H20N2OS/c21-17-18(11-15-3-1-2-4-16(15)19-17)6-8-20(9-7-18)12-14-5-10-22-13-14/h1-5,10,13H,6-9,11-12H2,(H,19,21). The number of piperidine rings is 1. The first-order valence-corrected chi connectivity index (χ1v) is 8.82. The number of anilines is 1. The first-order chi connectivity index (χ1) is 10.8. The van der Waals surface area contributed by atoms with Crippen LogP contribution in [0.5, 0.6) is 0 Å². The molecule has 0 saturated carbocycles. The predicted octanol–water partition coefficient (Wildman–Crippen LogP) is 3.53. The summed E-state index contributed by atoms with van der Waals surface area (Å²) >= 11 is 1.75. The third-order valence-electron chi connectivity index (χ3n) is 5.08. The van der Waals surface area contributed by atoms with Gasteiger partial charge in [-0.15, -0.1) is 0 Å². The van der Waals surface area contributed by atoms with Gasteiger partial charge in [0.25, 0.3) is 0 Å². The molecule has 1 aromatic heterocycles. The fourth-order valence-corrected chi connectivity index (χ4v) is 4.34. The fraction of sp³-hybridized carbons (Fsp3) is 0.389. The number of fused-ring (bicyclic) bond motifs is 1. The van der Waals surface area contributed by atoms with Crippen LogP contribution in [-0.2, 0) is 17.8 Å². The second-order valence-corrected chi connectivity index (χ2v) is 7.26. The number of para-hydroxylation sites is 1. The van der Waals surface area contributed by atoms with Gasteiger partial charge in [-0.1, -0.05) is 18.2 Å². The number of thiophene rings is 1. The summed E-state index contributed by atoms with van der Waals surface area (Å²) < 4.78 is 0. The van der Waals surface area contributed by atoms with Gasteiger partial charge >= 0.3 is 0 Å². The molecule has 2 aromatic rings. The molecule has 2 aliphatic heterocycles. The number of rotatable bonds is 2. The lowest BCUT2D eigenvalue weighted by molar-refractivity contribution is -0.129. The zero-order valence-corrected chi connectivity index (χ0v) is 13.4. The number of nitrogens with one attached hydrogen (secondary N) is 1. The van der Waals surface area contributed by atoms with Crippen molar-refractivity contribution in [3.8, 4) is 0 Å². The first-order valence-electron chi connectivity index (χ1n) is 7.88. The number of carbonyl (C=O) groups is 1. The molecule has 1 saturated heterocycles. The summed E-state index contributed by atoms with van der Waals surface area (Å²) in [5.74, 6) is 0.224. The van der Waals surface area contributed by atoms with Crippen LogP contribution >= 0.6 is 11.3 Å². The normalized spacial score (nSPS) is 20.6. The average Bonchev–Trinajstić information content (AvgIpc) is 3.04. The van der Waals surface area contributed by atoms with Gasteiger partial charge in [0.15, 0.2) is 0 Å². The van der Waals surface area contributed by atoms with Crippen LogP contribution in [0.2, 0.25) is 0 Å². The molecule has 22 heavy (non-hydrogen) atoms. The molecule has 1 spiro atoms. The van der Waals surface area contributed by atoms with Gasteiger partial charge in [-0.05, 0) is 66.4 Å². The summed E-state index contributed by atoms with van der Waals surface area (Å²) in [6, 6.07) is 10.4. The van der Waals surface area contributed by atoms with Gasteiger partial charge in [0.2, 0.25) is 5.91 Å². The molecule has 4 heteroatoms. The lowest BCUT2D eigenvalue weighted by Crippen LogP contribution is -2.49. The van der Waals surface area contributed by atoms with Gasteiger partial charge in [0, 0.05) is 12.2 Å². The smallest absolute Gasteiger partial charge is 0.231 e. The molecule has 0 atom stereocenters. The minimum atomic E-state index is -0.195. The van der Waals surface area contributed by atoms with E-state index < -0.39 is 0 Å². The molecule has 1 amide bonds. The summed E-state index contributed by atoms with van der Waals surface area (Å²) in [5.41, 5.74) is 3.48. The zero-order valence-electron chi connectivity index (χ0n) is 12.5. The minimum Gasteiger partial charge on any atom is -0.325 e. The molecule has 3 heterocycles. The summed E-state index contributed by atoms with van der Waals surface area (Å²) in [5, 5.41) is 7.47. The number of carbonyl (C=O) groups excluding carboxylic acids is 1. The number of likely N-dealkylation sites (tertiary alicyclic amines) is 1. The van der Waals surface area contributed by atoms with E-state index in [1.54, 1.807) is 11.3 Å². The fourth-order valence-electron chi connectivity index (χ4n) is 3.68. The Balaban J connectivity index is 1.47. The van der Waals surface area contributed by atoms with Crippen molar-refractivity contribution in [2.24, 2.45) is 5.41 Å². The molecule has 4 rings (SSSR count). The van der Waals surface area contributed by atoms with Crippen molar-refractivity contribution < 1.29 is 4.79 Å². The van der Waals surface area contributed by atoms with Crippen molar-refractivity contribution in [2.75, 3.05) is 18.4 Å². The molecule has 0 bridgehead atoms.